The predicted molar refractivity (Wildman–Crippen MR) is 111 cm³/mol. The number of rotatable bonds is 6. The summed E-state index contributed by atoms with van der Waals surface area (Å²) in [6.45, 7) is 2.09. The van der Waals surface area contributed by atoms with Crippen molar-refractivity contribution in [2.24, 2.45) is 0 Å². The molecule has 1 fully saturated rings. The minimum absolute atomic E-state index is 0.150. The lowest BCUT2D eigenvalue weighted by Crippen LogP contribution is -2.48. The van der Waals surface area contributed by atoms with E-state index in [1.807, 2.05) is 19.1 Å². The molecule has 2 aromatic carbocycles. The Morgan fingerprint density at radius 1 is 1.10 bits per heavy atom. The fourth-order valence-electron chi connectivity index (χ4n) is 3.39. The molecular formula is C21H25N3O4S. The van der Waals surface area contributed by atoms with E-state index in [0.717, 1.165) is 5.56 Å². The van der Waals surface area contributed by atoms with Gasteiger partial charge in [0.1, 0.15) is 6.04 Å². The average Bonchev–Trinajstić information content (AvgIpc) is 3.20. The van der Waals surface area contributed by atoms with Crippen LogP contribution in [0.5, 0.6) is 0 Å². The maximum absolute atomic E-state index is 12.9. The van der Waals surface area contributed by atoms with Crippen molar-refractivity contribution in [1.29, 1.82) is 0 Å². The summed E-state index contributed by atoms with van der Waals surface area (Å²) >= 11 is 0. The van der Waals surface area contributed by atoms with Gasteiger partial charge < -0.3 is 10.2 Å². The van der Waals surface area contributed by atoms with Crippen LogP contribution in [0.15, 0.2) is 59.5 Å². The first kappa shape index (κ1) is 21.0. The van der Waals surface area contributed by atoms with Gasteiger partial charge in [0.25, 0.3) is 0 Å². The highest BCUT2D eigenvalue weighted by Crippen LogP contribution is 2.27. The lowest BCUT2D eigenvalue weighted by molar-refractivity contribution is -0.136. The van der Waals surface area contributed by atoms with Crippen LogP contribution >= 0.6 is 0 Å². The lowest BCUT2D eigenvalue weighted by Gasteiger charge is -2.27. The van der Waals surface area contributed by atoms with E-state index < -0.39 is 16.1 Å². The number of nitrogens with zero attached hydrogens (tertiary/aromatic N) is 2. The summed E-state index contributed by atoms with van der Waals surface area (Å²) < 4.78 is 27.1. The van der Waals surface area contributed by atoms with Crippen LogP contribution in [0, 0.1) is 6.92 Å². The molecule has 0 aliphatic carbocycles. The topological polar surface area (TPSA) is 86.8 Å². The molecule has 0 bridgehead atoms. The summed E-state index contributed by atoms with van der Waals surface area (Å²) in [7, 11) is -2.25. The largest absolute Gasteiger partial charge is 0.335 e. The number of anilines is 1. The van der Waals surface area contributed by atoms with E-state index in [1.165, 1.54) is 28.4 Å². The van der Waals surface area contributed by atoms with Gasteiger partial charge >= 0.3 is 0 Å². The Balaban J connectivity index is 1.66. The van der Waals surface area contributed by atoms with E-state index in [9.17, 15) is 18.0 Å². The van der Waals surface area contributed by atoms with Crippen LogP contribution in [0.25, 0.3) is 0 Å². The second-order valence-electron chi connectivity index (χ2n) is 7.20. The van der Waals surface area contributed by atoms with E-state index >= 15 is 0 Å². The Hall–Kier alpha value is -2.71. The third-order valence-electron chi connectivity index (χ3n) is 4.93. The Kier molecular flexibility index (Phi) is 6.34. The smallest absolute Gasteiger partial charge is 0.243 e. The van der Waals surface area contributed by atoms with Crippen LogP contribution in [0.1, 0.15) is 18.4 Å². The average molecular weight is 416 g/mol. The molecular weight excluding hydrogens is 390 g/mol. The third kappa shape index (κ3) is 4.83. The molecule has 1 aliphatic rings. The van der Waals surface area contributed by atoms with Gasteiger partial charge in [-0.15, -0.1) is 0 Å². The minimum Gasteiger partial charge on any atom is -0.335 e. The number of carbonyl (C=O) groups is 2. The first-order valence-electron chi connectivity index (χ1n) is 9.47. The molecule has 2 amide bonds. The lowest BCUT2D eigenvalue weighted by atomic mass is 10.2. The van der Waals surface area contributed by atoms with Gasteiger partial charge in [0.05, 0.1) is 11.4 Å². The van der Waals surface area contributed by atoms with Crippen LogP contribution in [0.4, 0.5) is 5.69 Å². The molecule has 0 spiro atoms. The van der Waals surface area contributed by atoms with Gasteiger partial charge in [0.2, 0.25) is 21.8 Å². The van der Waals surface area contributed by atoms with Crippen molar-refractivity contribution in [3.05, 3.63) is 60.2 Å². The van der Waals surface area contributed by atoms with Gasteiger partial charge in [0.15, 0.2) is 0 Å². The molecule has 7 nitrogen and oxygen atoms in total. The molecule has 3 rings (SSSR count). The summed E-state index contributed by atoms with van der Waals surface area (Å²) in [5.41, 5.74) is 1.73. The van der Waals surface area contributed by atoms with Gasteiger partial charge in [-0.1, -0.05) is 35.9 Å². The van der Waals surface area contributed by atoms with E-state index in [0.29, 0.717) is 18.5 Å². The van der Waals surface area contributed by atoms with Crippen LogP contribution in [0.2, 0.25) is 0 Å². The highest BCUT2D eigenvalue weighted by atomic mass is 32.2. The summed E-state index contributed by atoms with van der Waals surface area (Å²) in [6.07, 6.45) is 1.04. The normalized spacial score (nSPS) is 17.1. The number of likely N-dealkylation sites (N-methyl/N-ethyl adjacent to an activating group) is 1. The molecule has 1 N–H and O–H groups in total. The predicted octanol–water partition coefficient (Wildman–Crippen LogP) is 2.25. The van der Waals surface area contributed by atoms with E-state index in [2.05, 4.69) is 5.32 Å². The number of aryl methyl sites for hydroxylation is 1. The van der Waals surface area contributed by atoms with Gasteiger partial charge in [-0.05, 0) is 44.0 Å². The summed E-state index contributed by atoms with van der Waals surface area (Å²) in [4.78, 5) is 26.6. The third-order valence-corrected chi connectivity index (χ3v) is 6.85. The maximum atomic E-state index is 12.9. The second kappa shape index (κ2) is 8.75. The molecule has 1 heterocycles. The molecule has 8 heteroatoms. The van der Waals surface area contributed by atoms with E-state index in [-0.39, 0.29) is 29.8 Å². The molecule has 29 heavy (non-hydrogen) atoms. The van der Waals surface area contributed by atoms with Crippen molar-refractivity contribution in [3.8, 4) is 0 Å². The first-order chi connectivity index (χ1) is 13.8. The van der Waals surface area contributed by atoms with Crippen molar-refractivity contribution in [1.82, 2.24) is 9.21 Å². The molecule has 0 aromatic heterocycles. The standard InChI is InChI=1S/C21H25N3O4S/c1-16-10-12-17(13-11-16)22-20(25)15-23(2)21(26)19-9-6-14-24(19)29(27,28)18-7-4-3-5-8-18/h3-5,7-8,10-13,19H,6,9,14-15H2,1-2H3,(H,22,25). The number of hydrogen-bond donors (Lipinski definition) is 1. The number of nitrogens with one attached hydrogen (secondary N) is 1. The number of benzene rings is 2. The van der Waals surface area contributed by atoms with Crippen molar-refractivity contribution in [3.63, 3.8) is 0 Å². The Bertz CT molecular complexity index is 975. The molecule has 1 unspecified atom stereocenters. The quantitative estimate of drug-likeness (QED) is 0.784. The zero-order valence-corrected chi connectivity index (χ0v) is 17.4. The molecule has 0 saturated carbocycles. The first-order valence-corrected chi connectivity index (χ1v) is 10.9. The minimum atomic E-state index is -3.76. The van der Waals surface area contributed by atoms with Crippen LogP contribution in [-0.4, -0.2) is 55.6 Å². The number of sulfonamides is 1. The summed E-state index contributed by atoms with van der Waals surface area (Å²) in [5, 5.41) is 2.75. The fourth-order valence-corrected chi connectivity index (χ4v) is 5.06. The maximum Gasteiger partial charge on any atom is 0.243 e. The second-order valence-corrected chi connectivity index (χ2v) is 9.09. The Labute approximate surface area is 171 Å². The van der Waals surface area contributed by atoms with Crippen LogP contribution in [-0.2, 0) is 19.6 Å². The van der Waals surface area contributed by atoms with Gasteiger partial charge in [0, 0.05) is 19.3 Å². The molecule has 0 radical (unpaired) electrons. The molecule has 2 aromatic rings. The SMILES string of the molecule is Cc1ccc(NC(=O)CN(C)C(=O)C2CCCN2S(=O)(=O)c2ccccc2)cc1. The summed E-state index contributed by atoms with van der Waals surface area (Å²) in [5.74, 6) is -0.707. The summed E-state index contributed by atoms with van der Waals surface area (Å²) in [6, 6.07) is 14.7. The Morgan fingerprint density at radius 2 is 1.76 bits per heavy atom. The fraction of sp³-hybridized carbons (Fsp3) is 0.333. The van der Waals surface area contributed by atoms with Crippen LogP contribution < -0.4 is 5.32 Å². The highest BCUT2D eigenvalue weighted by Gasteiger charge is 2.40. The van der Waals surface area contributed by atoms with Gasteiger partial charge in [-0.25, -0.2) is 8.42 Å². The van der Waals surface area contributed by atoms with E-state index in [4.69, 9.17) is 0 Å². The molecule has 1 atom stereocenters. The van der Waals surface area contributed by atoms with Gasteiger partial charge in [-0.2, -0.15) is 4.31 Å². The molecule has 154 valence electrons. The van der Waals surface area contributed by atoms with Crippen molar-refractivity contribution >= 4 is 27.5 Å². The zero-order valence-electron chi connectivity index (χ0n) is 16.5. The molecule has 1 saturated heterocycles. The monoisotopic (exact) mass is 415 g/mol. The number of hydrogen-bond acceptors (Lipinski definition) is 4. The highest BCUT2D eigenvalue weighted by molar-refractivity contribution is 7.89. The van der Waals surface area contributed by atoms with Gasteiger partial charge in [-0.3, -0.25) is 9.59 Å². The number of amides is 2. The Morgan fingerprint density at radius 3 is 2.41 bits per heavy atom. The van der Waals surface area contributed by atoms with Crippen molar-refractivity contribution in [2.75, 3.05) is 25.5 Å². The van der Waals surface area contributed by atoms with Crippen molar-refractivity contribution < 1.29 is 18.0 Å². The number of carbonyl (C=O) groups excluding carboxylic acids is 2. The van der Waals surface area contributed by atoms with Crippen molar-refractivity contribution in [2.45, 2.75) is 30.7 Å². The van der Waals surface area contributed by atoms with E-state index in [1.54, 1.807) is 30.3 Å². The van der Waals surface area contributed by atoms with Crippen LogP contribution in [0.3, 0.4) is 0 Å². The molecule has 1 aliphatic heterocycles. The zero-order chi connectivity index (χ0) is 21.0.